The maximum Gasteiger partial charge on any atom is 0.319 e. The first-order valence-electron chi connectivity index (χ1n) is 12.3. The predicted molar refractivity (Wildman–Crippen MR) is 133 cm³/mol. The van der Waals surface area contributed by atoms with Crippen LogP contribution in [0, 0.1) is 11.7 Å². The summed E-state index contributed by atoms with van der Waals surface area (Å²) >= 11 is 0. The van der Waals surface area contributed by atoms with Gasteiger partial charge in [-0.1, -0.05) is 43.2 Å². The van der Waals surface area contributed by atoms with Crippen molar-refractivity contribution in [2.75, 3.05) is 25.0 Å². The number of hydrogen-bond donors (Lipinski definition) is 3. The highest BCUT2D eigenvalue weighted by molar-refractivity contribution is 5.96. The van der Waals surface area contributed by atoms with E-state index in [4.69, 9.17) is 0 Å². The molecule has 4 rings (SSSR count). The van der Waals surface area contributed by atoms with Gasteiger partial charge in [0.2, 0.25) is 5.91 Å². The molecule has 2 aliphatic rings. The lowest BCUT2D eigenvalue weighted by atomic mass is 9.84. The van der Waals surface area contributed by atoms with Gasteiger partial charge in [-0.2, -0.15) is 0 Å². The molecule has 0 aromatic heterocycles. The first-order chi connectivity index (χ1) is 16.9. The third-order valence-electron chi connectivity index (χ3n) is 6.88. The van der Waals surface area contributed by atoms with Crippen molar-refractivity contribution in [1.82, 2.24) is 15.5 Å². The van der Waals surface area contributed by atoms with Crippen LogP contribution in [0.3, 0.4) is 0 Å². The molecule has 1 aliphatic heterocycles. The fourth-order valence-electron chi connectivity index (χ4n) is 5.18. The van der Waals surface area contributed by atoms with Crippen molar-refractivity contribution < 1.29 is 18.8 Å². The third-order valence-corrected chi connectivity index (χ3v) is 6.88. The minimum absolute atomic E-state index is 0.00487. The zero-order valence-electron chi connectivity index (χ0n) is 20.1. The topological polar surface area (TPSA) is 90.5 Å². The summed E-state index contributed by atoms with van der Waals surface area (Å²) in [5.74, 6) is -0.144. The Labute approximate surface area is 205 Å². The number of Topliss-reactive ketones (excluding diaryl/α,β-unsaturated/α-hetero) is 1. The first-order valence-corrected chi connectivity index (χ1v) is 12.3. The second-order valence-corrected chi connectivity index (χ2v) is 9.64. The molecular formula is C27H33FN4O3. The minimum atomic E-state index is -0.295. The maximum atomic E-state index is 14.1. The van der Waals surface area contributed by atoms with Gasteiger partial charge in [0.05, 0.1) is 6.54 Å². The van der Waals surface area contributed by atoms with E-state index in [-0.39, 0.29) is 41.5 Å². The first kappa shape index (κ1) is 24.9. The van der Waals surface area contributed by atoms with Crippen LogP contribution in [0.5, 0.6) is 0 Å². The van der Waals surface area contributed by atoms with Crippen LogP contribution in [-0.2, 0) is 11.2 Å². The molecule has 0 unspecified atom stereocenters. The summed E-state index contributed by atoms with van der Waals surface area (Å²) in [6.45, 7) is 3.15. The van der Waals surface area contributed by atoms with E-state index in [1.54, 1.807) is 42.5 Å². The molecule has 2 aromatic rings. The van der Waals surface area contributed by atoms with Gasteiger partial charge in [-0.3, -0.25) is 14.5 Å². The van der Waals surface area contributed by atoms with Crippen LogP contribution < -0.4 is 16.0 Å². The van der Waals surface area contributed by atoms with Crippen molar-refractivity contribution in [2.45, 2.75) is 51.1 Å². The fourth-order valence-corrected chi connectivity index (χ4v) is 5.18. The number of hydrogen-bond acceptors (Lipinski definition) is 4. The molecule has 3 N–H and O–H groups in total. The lowest BCUT2D eigenvalue weighted by Gasteiger charge is -2.39. The Hall–Kier alpha value is -3.26. The molecule has 3 amide bonds. The lowest BCUT2D eigenvalue weighted by Crippen LogP contribution is -2.57. The van der Waals surface area contributed by atoms with Gasteiger partial charge in [0.25, 0.3) is 0 Å². The van der Waals surface area contributed by atoms with Crippen molar-refractivity contribution in [3.63, 3.8) is 0 Å². The molecule has 2 aromatic carbocycles. The summed E-state index contributed by atoms with van der Waals surface area (Å²) in [4.78, 5) is 38.9. The van der Waals surface area contributed by atoms with Crippen LogP contribution >= 0.6 is 0 Å². The number of carbonyl (C=O) groups is 3. The Morgan fingerprint density at radius 2 is 1.91 bits per heavy atom. The van der Waals surface area contributed by atoms with Crippen LogP contribution in [0.15, 0.2) is 48.5 Å². The zero-order chi connectivity index (χ0) is 24.8. The summed E-state index contributed by atoms with van der Waals surface area (Å²) in [5.41, 5.74) is 1.72. The summed E-state index contributed by atoms with van der Waals surface area (Å²) in [5, 5.41) is 8.94. The number of benzene rings is 2. The second kappa shape index (κ2) is 11.4. The van der Waals surface area contributed by atoms with E-state index in [2.05, 4.69) is 20.9 Å². The predicted octanol–water partition coefficient (Wildman–Crippen LogP) is 3.75. The Morgan fingerprint density at radius 1 is 1.11 bits per heavy atom. The molecule has 0 bridgehead atoms. The Morgan fingerprint density at radius 3 is 2.71 bits per heavy atom. The van der Waals surface area contributed by atoms with E-state index in [9.17, 15) is 18.8 Å². The van der Waals surface area contributed by atoms with Crippen molar-refractivity contribution in [3.8, 4) is 0 Å². The van der Waals surface area contributed by atoms with Gasteiger partial charge >= 0.3 is 6.03 Å². The molecule has 8 heteroatoms. The number of amides is 3. The van der Waals surface area contributed by atoms with E-state index in [0.717, 1.165) is 25.7 Å². The van der Waals surface area contributed by atoms with Crippen LogP contribution in [0.1, 0.15) is 48.5 Å². The molecule has 35 heavy (non-hydrogen) atoms. The van der Waals surface area contributed by atoms with Gasteiger partial charge in [0.1, 0.15) is 5.82 Å². The Kier molecular flexibility index (Phi) is 8.13. The standard InChI is InChI=1S/C27H33FN4O3/c1-18(33)19-9-6-10-22(13-19)30-27(35)31-25-12-5-3-8-21(25)15-32-16-23(29-26(34)17-32)14-20-7-2-4-11-24(20)28/h2,4,6-7,9-11,13,21,23,25H,3,5,8,12,14-17H2,1H3,(H,29,34)(H2,30,31,35)/t21-,23-,25+/m0/s1. The van der Waals surface area contributed by atoms with Crippen molar-refractivity contribution in [2.24, 2.45) is 5.92 Å². The van der Waals surface area contributed by atoms with Gasteiger partial charge in [0.15, 0.2) is 5.78 Å². The largest absolute Gasteiger partial charge is 0.351 e. The Bertz CT molecular complexity index is 1080. The summed E-state index contributed by atoms with van der Waals surface area (Å²) < 4.78 is 14.1. The number of rotatable bonds is 7. The summed E-state index contributed by atoms with van der Waals surface area (Å²) in [6.07, 6.45) is 4.43. The molecule has 2 fully saturated rings. The molecule has 1 saturated heterocycles. The smallest absolute Gasteiger partial charge is 0.319 e. The number of halogens is 1. The normalized spacial score (nSPS) is 22.8. The average molecular weight is 481 g/mol. The zero-order valence-corrected chi connectivity index (χ0v) is 20.1. The molecule has 1 aliphatic carbocycles. The van der Waals surface area contributed by atoms with Gasteiger partial charge in [-0.25, -0.2) is 9.18 Å². The highest BCUT2D eigenvalue weighted by atomic mass is 19.1. The number of urea groups is 1. The van der Waals surface area contributed by atoms with Crippen molar-refractivity contribution >= 4 is 23.4 Å². The van der Waals surface area contributed by atoms with E-state index in [1.165, 1.54) is 13.0 Å². The number of nitrogens with one attached hydrogen (secondary N) is 3. The highest BCUT2D eigenvalue weighted by Gasteiger charge is 2.32. The van der Waals surface area contributed by atoms with E-state index in [0.29, 0.717) is 42.9 Å². The van der Waals surface area contributed by atoms with Gasteiger partial charge < -0.3 is 16.0 Å². The monoisotopic (exact) mass is 480 g/mol. The quantitative estimate of drug-likeness (QED) is 0.527. The van der Waals surface area contributed by atoms with E-state index in [1.807, 2.05) is 0 Å². The van der Waals surface area contributed by atoms with Crippen molar-refractivity contribution in [1.29, 1.82) is 0 Å². The van der Waals surface area contributed by atoms with Gasteiger partial charge in [0, 0.05) is 36.4 Å². The van der Waals surface area contributed by atoms with Gasteiger partial charge in [-0.15, -0.1) is 0 Å². The lowest BCUT2D eigenvalue weighted by molar-refractivity contribution is -0.125. The molecule has 3 atom stereocenters. The molecule has 7 nitrogen and oxygen atoms in total. The third kappa shape index (κ3) is 6.88. The minimum Gasteiger partial charge on any atom is -0.351 e. The van der Waals surface area contributed by atoms with Crippen LogP contribution in [0.2, 0.25) is 0 Å². The number of carbonyl (C=O) groups excluding carboxylic acids is 3. The van der Waals surface area contributed by atoms with E-state index < -0.39 is 0 Å². The number of ketones is 1. The fraction of sp³-hybridized carbons (Fsp3) is 0.444. The second-order valence-electron chi connectivity index (χ2n) is 9.64. The maximum absolute atomic E-state index is 14.1. The molecule has 186 valence electrons. The van der Waals surface area contributed by atoms with E-state index >= 15 is 0 Å². The number of nitrogens with zero attached hydrogens (tertiary/aromatic N) is 1. The van der Waals surface area contributed by atoms with Crippen LogP contribution in [-0.4, -0.2) is 54.3 Å². The molecule has 0 spiro atoms. The molecular weight excluding hydrogens is 447 g/mol. The molecule has 1 heterocycles. The highest BCUT2D eigenvalue weighted by Crippen LogP contribution is 2.26. The number of piperazine rings is 1. The molecule has 0 radical (unpaired) electrons. The SMILES string of the molecule is CC(=O)c1cccc(NC(=O)N[C@@H]2CCCC[C@H]2CN2CC(=O)N[C@@H](Cc3ccccc3F)C2)c1. The van der Waals surface area contributed by atoms with Gasteiger partial charge in [-0.05, 0) is 55.9 Å². The van der Waals surface area contributed by atoms with Crippen LogP contribution in [0.25, 0.3) is 0 Å². The van der Waals surface area contributed by atoms with Crippen molar-refractivity contribution in [3.05, 3.63) is 65.5 Å². The summed E-state index contributed by atoms with van der Waals surface area (Å²) in [6, 6.07) is 13.1. The number of anilines is 1. The average Bonchev–Trinajstić information content (AvgIpc) is 2.81. The Balaban J connectivity index is 1.35. The summed E-state index contributed by atoms with van der Waals surface area (Å²) in [7, 11) is 0. The van der Waals surface area contributed by atoms with Crippen LogP contribution in [0.4, 0.5) is 14.9 Å². The molecule has 1 saturated carbocycles.